The van der Waals surface area contributed by atoms with Crippen LogP contribution in [0, 0.1) is 0 Å². The maximum absolute atomic E-state index is 12.3. The van der Waals surface area contributed by atoms with Crippen LogP contribution in [-0.2, 0) is 24.2 Å². The summed E-state index contributed by atoms with van der Waals surface area (Å²) in [7, 11) is 0. The molecular formula is C24H21BrClN3O. The number of hydrogen-bond acceptors (Lipinski definition) is 2. The first-order chi connectivity index (χ1) is 14.6. The molecule has 6 heteroatoms. The normalized spacial score (nSPS) is 11.0. The smallest absolute Gasteiger partial charge is 0.224 e. The predicted molar refractivity (Wildman–Crippen MR) is 125 cm³/mol. The Balaban J connectivity index is 1.45. The van der Waals surface area contributed by atoms with Crippen molar-refractivity contribution in [3.8, 4) is 0 Å². The summed E-state index contributed by atoms with van der Waals surface area (Å²) in [5, 5.41) is 3.68. The molecule has 4 nitrogen and oxygen atoms in total. The predicted octanol–water partition coefficient (Wildman–Crippen LogP) is 5.40. The molecule has 0 unspecified atom stereocenters. The number of nitrogens with zero attached hydrogens (tertiary/aromatic N) is 2. The van der Waals surface area contributed by atoms with Gasteiger partial charge in [-0.15, -0.1) is 0 Å². The van der Waals surface area contributed by atoms with E-state index in [0.29, 0.717) is 24.4 Å². The second-order valence-electron chi connectivity index (χ2n) is 7.14. The van der Waals surface area contributed by atoms with Crippen LogP contribution in [-0.4, -0.2) is 22.0 Å². The number of carbonyl (C=O) groups excluding carboxylic acids is 1. The first-order valence-electron chi connectivity index (χ1n) is 9.78. The van der Waals surface area contributed by atoms with Crippen LogP contribution in [0.15, 0.2) is 77.3 Å². The number of halogens is 2. The first kappa shape index (κ1) is 20.6. The molecule has 4 aromatic rings. The van der Waals surface area contributed by atoms with E-state index < -0.39 is 0 Å². The van der Waals surface area contributed by atoms with Gasteiger partial charge in [-0.2, -0.15) is 0 Å². The van der Waals surface area contributed by atoms with E-state index in [0.717, 1.165) is 33.4 Å². The Morgan fingerprint density at radius 1 is 1.00 bits per heavy atom. The molecule has 0 aliphatic carbocycles. The van der Waals surface area contributed by atoms with Gasteiger partial charge in [0, 0.05) is 29.0 Å². The quantitative estimate of drug-likeness (QED) is 0.383. The van der Waals surface area contributed by atoms with Crippen LogP contribution >= 0.6 is 27.5 Å². The second kappa shape index (κ2) is 9.45. The SMILES string of the molecule is O=C(Cc1ccc(Cl)cc1)NCCc1nc2ccccc2n1Cc1cccc(Br)c1. The number of amides is 1. The van der Waals surface area contributed by atoms with E-state index in [-0.39, 0.29) is 5.91 Å². The molecular weight excluding hydrogens is 462 g/mol. The van der Waals surface area contributed by atoms with Crippen LogP contribution in [0.3, 0.4) is 0 Å². The van der Waals surface area contributed by atoms with E-state index in [4.69, 9.17) is 16.6 Å². The van der Waals surface area contributed by atoms with Crippen molar-refractivity contribution in [1.29, 1.82) is 0 Å². The van der Waals surface area contributed by atoms with Crippen molar-refractivity contribution in [2.75, 3.05) is 6.54 Å². The van der Waals surface area contributed by atoms with Gasteiger partial charge >= 0.3 is 0 Å². The van der Waals surface area contributed by atoms with Crippen molar-refractivity contribution in [1.82, 2.24) is 14.9 Å². The van der Waals surface area contributed by atoms with Crippen LogP contribution in [0.5, 0.6) is 0 Å². The van der Waals surface area contributed by atoms with Gasteiger partial charge in [0.2, 0.25) is 5.91 Å². The van der Waals surface area contributed by atoms with Gasteiger partial charge in [-0.1, -0.05) is 63.9 Å². The molecule has 0 aliphatic rings. The van der Waals surface area contributed by atoms with Gasteiger partial charge in [0.15, 0.2) is 0 Å². The number of aromatic nitrogens is 2. The van der Waals surface area contributed by atoms with Crippen LogP contribution < -0.4 is 5.32 Å². The minimum Gasteiger partial charge on any atom is -0.355 e. The highest BCUT2D eigenvalue weighted by molar-refractivity contribution is 9.10. The zero-order valence-electron chi connectivity index (χ0n) is 16.3. The second-order valence-corrected chi connectivity index (χ2v) is 8.49. The summed E-state index contributed by atoms with van der Waals surface area (Å²) in [5.41, 5.74) is 4.20. The molecule has 0 saturated carbocycles. The van der Waals surface area contributed by atoms with Crippen LogP contribution in [0.25, 0.3) is 11.0 Å². The third-order valence-electron chi connectivity index (χ3n) is 4.91. The summed E-state index contributed by atoms with van der Waals surface area (Å²) in [6.45, 7) is 1.27. The number of carbonyl (C=O) groups is 1. The first-order valence-corrected chi connectivity index (χ1v) is 11.0. The molecule has 4 rings (SSSR count). The standard InChI is InChI=1S/C24H21BrClN3O/c25-19-5-3-4-18(14-19)16-29-22-7-2-1-6-21(22)28-23(29)12-13-27-24(30)15-17-8-10-20(26)11-9-17/h1-11,14H,12-13,15-16H2,(H,27,30). The van der Waals surface area contributed by atoms with Gasteiger partial charge in [0.05, 0.1) is 17.5 Å². The third-order valence-corrected chi connectivity index (χ3v) is 5.66. The number of fused-ring (bicyclic) bond motifs is 1. The molecule has 0 atom stereocenters. The Morgan fingerprint density at radius 2 is 1.80 bits per heavy atom. The van der Waals surface area contributed by atoms with Crippen LogP contribution in [0.4, 0.5) is 0 Å². The van der Waals surface area contributed by atoms with E-state index >= 15 is 0 Å². The van der Waals surface area contributed by atoms with Crippen molar-refractivity contribution >= 4 is 44.5 Å². The number of hydrogen-bond donors (Lipinski definition) is 1. The molecule has 3 aromatic carbocycles. The van der Waals surface area contributed by atoms with Gasteiger partial charge in [0.25, 0.3) is 0 Å². The van der Waals surface area contributed by atoms with Gasteiger partial charge in [-0.3, -0.25) is 4.79 Å². The highest BCUT2D eigenvalue weighted by Crippen LogP contribution is 2.20. The summed E-state index contributed by atoms with van der Waals surface area (Å²) in [5.74, 6) is 0.954. The molecule has 0 bridgehead atoms. The van der Waals surface area contributed by atoms with Crippen molar-refractivity contribution in [3.05, 3.63) is 99.2 Å². The van der Waals surface area contributed by atoms with Crippen molar-refractivity contribution in [2.45, 2.75) is 19.4 Å². The largest absolute Gasteiger partial charge is 0.355 e. The average Bonchev–Trinajstić information content (AvgIpc) is 3.07. The minimum absolute atomic E-state index is 0.00743. The molecule has 0 saturated heterocycles. The van der Waals surface area contributed by atoms with Gasteiger partial charge in [-0.25, -0.2) is 4.98 Å². The zero-order valence-corrected chi connectivity index (χ0v) is 18.7. The average molecular weight is 483 g/mol. The maximum atomic E-state index is 12.3. The molecule has 0 spiro atoms. The van der Waals surface area contributed by atoms with Crippen molar-refractivity contribution in [3.63, 3.8) is 0 Å². The van der Waals surface area contributed by atoms with Crippen molar-refractivity contribution in [2.24, 2.45) is 0 Å². The molecule has 1 aromatic heterocycles. The summed E-state index contributed by atoms with van der Waals surface area (Å²) in [6.07, 6.45) is 1.00. The van der Waals surface area contributed by atoms with E-state index in [1.165, 1.54) is 5.56 Å². The minimum atomic E-state index is -0.00743. The lowest BCUT2D eigenvalue weighted by molar-refractivity contribution is -0.120. The molecule has 30 heavy (non-hydrogen) atoms. The topological polar surface area (TPSA) is 46.9 Å². The number of benzene rings is 3. The number of para-hydroxylation sites is 2. The Labute approximate surface area is 189 Å². The Bertz CT molecular complexity index is 1170. The lowest BCUT2D eigenvalue weighted by Gasteiger charge is -2.11. The van der Waals surface area contributed by atoms with Gasteiger partial charge in [-0.05, 0) is 47.5 Å². The molecule has 0 aliphatic heterocycles. The lowest BCUT2D eigenvalue weighted by atomic mass is 10.1. The van der Waals surface area contributed by atoms with Gasteiger partial charge in [0.1, 0.15) is 5.82 Å². The third kappa shape index (κ3) is 5.10. The number of rotatable bonds is 7. The molecule has 152 valence electrons. The summed E-state index contributed by atoms with van der Waals surface area (Å²) in [6, 6.07) is 23.8. The monoisotopic (exact) mass is 481 g/mol. The lowest BCUT2D eigenvalue weighted by Crippen LogP contribution is -2.28. The summed E-state index contributed by atoms with van der Waals surface area (Å²) >= 11 is 9.45. The number of nitrogens with one attached hydrogen (secondary N) is 1. The van der Waals surface area contributed by atoms with E-state index in [2.05, 4.69) is 44.0 Å². The Hall–Kier alpha value is -2.63. The summed E-state index contributed by atoms with van der Waals surface area (Å²) < 4.78 is 3.28. The molecule has 1 heterocycles. The Morgan fingerprint density at radius 3 is 2.60 bits per heavy atom. The molecule has 0 fully saturated rings. The number of imidazole rings is 1. The maximum Gasteiger partial charge on any atom is 0.224 e. The summed E-state index contributed by atoms with van der Waals surface area (Å²) in [4.78, 5) is 17.1. The van der Waals surface area contributed by atoms with Gasteiger partial charge < -0.3 is 9.88 Å². The van der Waals surface area contributed by atoms with E-state index in [9.17, 15) is 4.79 Å². The Kier molecular flexibility index (Phi) is 6.50. The van der Waals surface area contributed by atoms with Crippen LogP contribution in [0.2, 0.25) is 5.02 Å². The highest BCUT2D eigenvalue weighted by atomic mass is 79.9. The molecule has 1 amide bonds. The fourth-order valence-electron chi connectivity index (χ4n) is 3.47. The fourth-order valence-corrected chi connectivity index (χ4v) is 4.05. The molecule has 0 radical (unpaired) electrons. The van der Waals surface area contributed by atoms with E-state index in [1.54, 1.807) is 12.1 Å². The van der Waals surface area contributed by atoms with Crippen molar-refractivity contribution < 1.29 is 4.79 Å². The van der Waals surface area contributed by atoms with Crippen LogP contribution in [0.1, 0.15) is 17.0 Å². The highest BCUT2D eigenvalue weighted by Gasteiger charge is 2.12. The van der Waals surface area contributed by atoms with E-state index in [1.807, 2.05) is 42.5 Å². The molecule has 1 N–H and O–H groups in total. The fraction of sp³-hybridized carbons (Fsp3) is 0.167. The zero-order chi connectivity index (χ0) is 20.9.